The maximum atomic E-state index is 14.0. The molecule has 0 atom stereocenters. The molecule has 1 heterocycles. The standard InChI is InChI=1S/C34H42N2O/c1-26(2)31(27(3)4)24-16-5-6-17-25-35-32(28-18-10-7-11-19-28)33(29-20-12-8-13-21-29)36(34(35)37)30-22-14-9-15-23-30/h7-15,18-23,26-27,31H,5-6,16-17,24-25H2,1-4H3. The molecular formula is C34H42N2O. The number of imidazole rings is 1. The lowest BCUT2D eigenvalue weighted by molar-refractivity contribution is 0.261. The molecular weight excluding hydrogens is 452 g/mol. The maximum absolute atomic E-state index is 14.0. The van der Waals surface area contributed by atoms with Crippen molar-refractivity contribution in [2.24, 2.45) is 17.8 Å². The number of aromatic nitrogens is 2. The molecule has 0 aliphatic carbocycles. The van der Waals surface area contributed by atoms with Crippen LogP contribution >= 0.6 is 0 Å². The number of nitrogens with zero attached hydrogens (tertiary/aromatic N) is 2. The molecule has 0 fully saturated rings. The maximum Gasteiger partial charge on any atom is 0.333 e. The second-order valence-corrected chi connectivity index (χ2v) is 10.9. The van der Waals surface area contributed by atoms with Crippen LogP contribution in [0, 0.1) is 17.8 Å². The van der Waals surface area contributed by atoms with Crippen molar-refractivity contribution >= 4 is 0 Å². The Hall–Kier alpha value is -3.33. The number of hydrogen-bond donors (Lipinski definition) is 0. The van der Waals surface area contributed by atoms with E-state index in [1.54, 1.807) is 0 Å². The van der Waals surface area contributed by atoms with E-state index in [0.717, 1.165) is 65.3 Å². The first-order valence-corrected chi connectivity index (χ1v) is 14.0. The van der Waals surface area contributed by atoms with Gasteiger partial charge in [0.25, 0.3) is 0 Å². The van der Waals surface area contributed by atoms with Crippen LogP contribution in [0.5, 0.6) is 0 Å². The van der Waals surface area contributed by atoms with Gasteiger partial charge in [-0.25, -0.2) is 4.79 Å². The highest BCUT2D eigenvalue weighted by Crippen LogP contribution is 2.34. The van der Waals surface area contributed by atoms with Crippen molar-refractivity contribution in [3.05, 3.63) is 101 Å². The number of unbranched alkanes of at least 4 members (excludes halogenated alkanes) is 3. The van der Waals surface area contributed by atoms with Gasteiger partial charge in [-0.15, -0.1) is 0 Å². The lowest BCUT2D eigenvalue weighted by Crippen LogP contribution is -2.24. The molecule has 0 radical (unpaired) electrons. The van der Waals surface area contributed by atoms with Crippen LogP contribution in [0.2, 0.25) is 0 Å². The molecule has 4 aromatic rings. The summed E-state index contributed by atoms with van der Waals surface area (Å²) in [6, 6.07) is 30.7. The van der Waals surface area contributed by atoms with Gasteiger partial charge in [0.2, 0.25) is 0 Å². The van der Waals surface area contributed by atoms with Crippen molar-refractivity contribution in [2.75, 3.05) is 0 Å². The van der Waals surface area contributed by atoms with Crippen molar-refractivity contribution < 1.29 is 0 Å². The molecule has 0 saturated carbocycles. The van der Waals surface area contributed by atoms with Crippen LogP contribution in [0.3, 0.4) is 0 Å². The second kappa shape index (κ2) is 12.8. The summed E-state index contributed by atoms with van der Waals surface area (Å²) < 4.78 is 3.91. The highest BCUT2D eigenvalue weighted by molar-refractivity contribution is 5.80. The molecule has 0 spiro atoms. The monoisotopic (exact) mass is 494 g/mol. The van der Waals surface area contributed by atoms with E-state index in [9.17, 15) is 4.79 Å². The van der Waals surface area contributed by atoms with Gasteiger partial charge in [0.15, 0.2) is 0 Å². The summed E-state index contributed by atoms with van der Waals surface area (Å²) in [4.78, 5) is 14.0. The Bertz CT molecular complexity index is 1280. The fourth-order valence-electron chi connectivity index (χ4n) is 5.76. The minimum Gasteiger partial charge on any atom is -0.291 e. The van der Waals surface area contributed by atoms with Crippen molar-refractivity contribution in [1.82, 2.24) is 9.13 Å². The summed E-state index contributed by atoms with van der Waals surface area (Å²) in [7, 11) is 0. The zero-order valence-corrected chi connectivity index (χ0v) is 22.9. The topological polar surface area (TPSA) is 26.9 Å². The van der Waals surface area contributed by atoms with E-state index in [4.69, 9.17) is 0 Å². The van der Waals surface area contributed by atoms with E-state index in [1.807, 2.05) is 63.7 Å². The molecule has 0 saturated heterocycles. The van der Waals surface area contributed by atoms with Gasteiger partial charge in [-0.05, 0) is 42.7 Å². The summed E-state index contributed by atoms with van der Waals surface area (Å²) in [5.74, 6) is 2.27. The summed E-state index contributed by atoms with van der Waals surface area (Å²) in [6.07, 6.45) is 5.92. The van der Waals surface area contributed by atoms with Crippen LogP contribution in [0.15, 0.2) is 95.8 Å². The minimum atomic E-state index is 0.0311. The van der Waals surface area contributed by atoms with Crippen molar-refractivity contribution in [1.29, 1.82) is 0 Å². The molecule has 0 aliphatic heterocycles. The molecule has 37 heavy (non-hydrogen) atoms. The summed E-state index contributed by atoms with van der Waals surface area (Å²) in [5.41, 5.74) is 5.01. The van der Waals surface area contributed by atoms with Crippen LogP contribution < -0.4 is 5.69 Å². The van der Waals surface area contributed by atoms with Crippen LogP contribution in [-0.4, -0.2) is 9.13 Å². The van der Waals surface area contributed by atoms with Gasteiger partial charge in [0.05, 0.1) is 17.1 Å². The van der Waals surface area contributed by atoms with Gasteiger partial charge >= 0.3 is 5.69 Å². The summed E-state index contributed by atoms with van der Waals surface area (Å²) in [6.45, 7) is 10.1. The van der Waals surface area contributed by atoms with Crippen molar-refractivity contribution in [3.63, 3.8) is 0 Å². The largest absolute Gasteiger partial charge is 0.333 e. The first-order valence-electron chi connectivity index (χ1n) is 14.0. The lowest BCUT2D eigenvalue weighted by atomic mass is 9.82. The van der Waals surface area contributed by atoms with E-state index in [-0.39, 0.29) is 5.69 Å². The van der Waals surface area contributed by atoms with Gasteiger partial charge < -0.3 is 0 Å². The quantitative estimate of drug-likeness (QED) is 0.181. The van der Waals surface area contributed by atoms with E-state index in [0.29, 0.717) is 0 Å². The fraction of sp³-hybridized carbons (Fsp3) is 0.382. The highest BCUT2D eigenvalue weighted by atomic mass is 16.1. The Labute approximate surface area is 222 Å². The van der Waals surface area contributed by atoms with Gasteiger partial charge in [0.1, 0.15) is 0 Å². The van der Waals surface area contributed by atoms with Crippen molar-refractivity contribution in [2.45, 2.75) is 66.3 Å². The van der Waals surface area contributed by atoms with Crippen LogP contribution in [0.25, 0.3) is 28.2 Å². The zero-order chi connectivity index (χ0) is 26.2. The van der Waals surface area contributed by atoms with E-state index in [1.165, 1.54) is 19.3 Å². The number of rotatable bonds is 12. The van der Waals surface area contributed by atoms with Crippen molar-refractivity contribution in [3.8, 4) is 28.2 Å². The first-order chi connectivity index (χ1) is 18.0. The second-order valence-electron chi connectivity index (χ2n) is 10.9. The average Bonchev–Trinajstić information content (AvgIpc) is 3.21. The van der Waals surface area contributed by atoms with Gasteiger partial charge in [0, 0.05) is 17.7 Å². The van der Waals surface area contributed by atoms with E-state index >= 15 is 0 Å². The molecule has 0 aliphatic rings. The van der Waals surface area contributed by atoms with Gasteiger partial charge in [-0.3, -0.25) is 9.13 Å². The molecule has 3 nitrogen and oxygen atoms in total. The third-order valence-corrected chi connectivity index (χ3v) is 7.63. The fourth-order valence-corrected chi connectivity index (χ4v) is 5.76. The number of benzene rings is 3. The summed E-state index contributed by atoms with van der Waals surface area (Å²) >= 11 is 0. The predicted molar refractivity (Wildman–Crippen MR) is 157 cm³/mol. The Morgan fingerprint density at radius 1 is 0.595 bits per heavy atom. The Balaban J connectivity index is 1.65. The summed E-state index contributed by atoms with van der Waals surface area (Å²) in [5, 5.41) is 0. The predicted octanol–water partition coefficient (Wildman–Crippen LogP) is 8.85. The lowest BCUT2D eigenvalue weighted by Gasteiger charge is -2.24. The molecule has 0 amide bonds. The minimum absolute atomic E-state index is 0.0311. The zero-order valence-electron chi connectivity index (χ0n) is 22.9. The average molecular weight is 495 g/mol. The first kappa shape index (κ1) is 26.7. The molecule has 3 heteroatoms. The van der Waals surface area contributed by atoms with Gasteiger partial charge in [-0.1, -0.05) is 126 Å². The Kier molecular flexibility index (Phi) is 9.22. The molecule has 0 N–H and O–H groups in total. The number of para-hydroxylation sites is 1. The van der Waals surface area contributed by atoms with Gasteiger partial charge in [-0.2, -0.15) is 0 Å². The third kappa shape index (κ3) is 6.33. The van der Waals surface area contributed by atoms with E-state index < -0.39 is 0 Å². The Morgan fingerprint density at radius 3 is 1.62 bits per heavy atom. The Morgan fingerprint density at radius 2 is 1.08 bits per heavy atom. The highest BCUT2D eigenvalue weighted by Gasteiger charge is 2.23. The molecule has 0 bridgehead atoms. The molecule has 0 unspecified atom stereocenters. The van der Waals surface area contributed by atoms with Crippen LogP contribution in [0.4, 0.5) is 0 Å². The normalized spacial score (nSPS) is 11.6. The van der Waals surface area contributed by atoms with Crippen LogP contribution in [0.1, 0.15) is 59.8 Å². The SMILES string of the molecule is CC(C)C(CCCCCCn1c(-c2ccccc2)c(-c2ccccc2)n(-c2ccccc2)c1=O)C(C)C. The molecule has 1 aromatic heterocycles. The molecule has 194 valence electrons. The molecule has 4 rings (SSSR count). The smallest absolute Gasteiger partial charge is 0.291 e. The molecule has 3 aromatic carbocycles. The van der Waals surface area contributed by atoms with Crippen LogP contribution in [-0.2, 0) is 6.54 Å². The third-order valence-electron chi connectivity index (χ3n) is 7.63. The van der Waals surface area contributed by atoms with E-state index in [2.05, 4.69) is 64.1 Å². The number of hydrogen-bond acceptors (Lipinski definition) is 1.